The second kappa shape index (κ2) is 9.59. The molecule has 8 heteroatoms. The maximum atomic E-state index is 13.0. The molecule has 5 nitrogen and oxygen atoms in total. The summed E-state index contributed by atoms with van der Waals surface area (Å²) in [4.78, 5) is 27.3. The summed E-state index contributed by atoms with van der Waals surface area (Å²) in [5.41, 5.74) is 0.0664. The Hall–Kier alpha value is -3.81. The van der Waals surface area contributed by atoms with E-state index in [4.69, 9.17) is 4.74 Å². The van der Waals surface area contributed by atoms with Gasteiger partial charge in [-0.25, -0.2) is 0 Å². The predicted octanol–water partition coefficient (Wildman–Crippen LogP) is 5.94. The second-order valence-corrected chi connectivity index (χ2v) is 8.13. The Labute approximate surface area is 194 Å². The highest BCUT2D eigenvalue weighted by atomic mass is 19.4. The first-order valence-corrected chi connectivity index (χ1v) is 10.8. The molecule has 1 aliphatic rings. The lowest BCUT2D eigenvalue weighted by Gasteiger charge is -2.31. The Bertz CT molecular complexity index is 1180. The second-order valence-electron chi connectivity index (χ2n) is 8.13. The standard InChI is InChI=1S/C26H22F3NO4/c27-26(28,29)20-4-2-6-23(16-20)34-22-5-1-3-19(15-22)25(33)30-13-11-18(12-14-30)24(32)17-7-9-21(31)10-8-17/h1-10,15-16,18,31H,11-14H2. The van der Waals surface area contributed by atoms with Crippen molar-refractivity contribution in [2.75, 3.05) is 13.1 Å². The number of likely N-dealkylation sites (tertiary alicyclic amines) is 1. The molecule has 1 N–H and O–H groups in total. The lowest BCUT2D eigenvalue weighted by Crippen LogP contribution is -2.40. The van der Waals surface area contributed by atoms with Crippen LogP contribution in [0.3, 0.4) is 0 Å². The van der Waals surface area contributed by atoms with Gasteiger partial charge in [0.15, 0.2) is 5.78 Å². The van der Waals surface area contributed by atoms with E-state index in [1.165, 1.54) is 30.3 Å². The normalized spacial score (nSPS) is 14.6. The van der Waals surface area contributed by atoms with Gasteiger partial charge in [-0.1, -0.05) is 12.1 Å². The summed E-state index contributed by atoms with van der Waals surface area (Å²) in [5, 5.41) is 9.39. The minimum absolute atomic E-state index is 0.0106. The van der Waals surface area contributed by atoms with Gasteiger partial charge in [0.25, 0.3) is 5.91 Å². The van der Waals surface area contributed by atoms with Crippen molar-refractivity contribution in [3.05, 3.63) is 89.5 Å². The number of carbonyl (C=O) groups excluding carboxylic acids is 2. The molecule has 0 aromatic heterocycles. The fraction of sp³-hybridized carbons (Fsp3) is 0.231. The zero-order valence-electron chi connectivity index (χ0n) is 18.1. The van der Waals surface area contributed by atoms with Crippen molar-refractivity contribution in [3.63, 3.8) is 0 Å². The third-order valence-corrected chi connectivity index (χ3v) is 5.78. The van der Waals surface area contributed by atoms with Gasteiger partial charge in [-0.15, -0.1) is 0 Å². The van der Waals surface area contributed by atoms with Crippen LogP contribution in [0.25, 0.3) is 0 Å². The number of Topliss-reactive ketones (excluding diaryl/α,β-unsaturated/α-hetero) is 1. The van der Waals surface area contributed by atoms with Crippen LogP contribution < -0.4 is 4.74 Å². The van der Waals surface area contributed by atoms with Crippen molar-refractivity contribution in [1.29, 1.82) is 0 Å². The van der Waals surface area contributed by atoms with E-state index in [-0.39, 0.29) is 34.9 Å². The predicted molar refractivity (Wildman–Crippen MR) is 119 cm³/mol. The van der Waals surface area contributed by atoms with Crippen LogP contribution in [-0.2, 0) is 6.18 Å². The summed E-state index contributed by atoms with van der Waals surface area (Å²) >= 11 is 0. The van der Waals surface area contributed by atoms with Crippen LogP contribution in [-0.4, -0.2) is 34.8 Å². The van der Waals surface area contributed by atoms with Crippen LogP contribution in [0.5, 0.6) is 17.2 Å². The van der Waals surface area contributed by atoms with Crippen molar-refractivity contribution in [1.82, 2.24) is 4.90 Å². The quantitative estimate of drug-likeness (QED) is 0.470. The number of phenolic OH excluding ortho intramolecular Hbond substituents is 1. The number of rotatable bonds is 5. The molecule has 3 aromatic carbocycles. The maximum absolute atomic E-state index is 13.0. The molecular formula is C26H22F3NO4. The van der Waals surface area contributed by atoms with Gasteiger partial charge < -0.3 is 14.7 Å². The molecular weight excluding hydrogens is 447 g/mol. The van der Waals surface area contributed by atoms with E-state index < -0.39 is 11.7 Å². The molecule has 0 bridgehead atoms. The topological polar surface area (TPSA) is 66.8 Å². The molecule has 0 radical (unpaired) electrons. The first-order valence-electron chi connectivity index (χ1n) is 10.8. The molecule has 0 aliphatic carbocycles. The summed E-state index contributed by atoms with van der Waals surface area (Å²) in [7, 11) is 0. The largest absolute Gasteiger partial charge is 0.508 e. The summed E-state index contributed by atoms with van der Waals surface area (Å²) in [6, 6.07) is 17.0. The number of hydrogen-bond acceptors (Lipinski definition) is 4. The molecule has 0 atom stereocenters. The van der Waals surface area contributed by atoms with E-state index in [0.29, 0.717) is 37.1 Å². The number of piperidine rings is 1. The first kappa shape index (κ1) is 23.4. The Balaban J connectivity index is 1.39. The Kier molecular flexibility index (Phi) is 6.58. The number of aromatic hydroxyl groups is 1. The number of amides is 1. The van der Waals surface area contributed by atoms with Crippen molar-refractivity contribution in [3.8, 4) is 17.2 Å². The number of phenols is 1. The summed E-state index contributed by atoms with van der Waals surface area (Å²) < 4.78 is 44.4. The highest BCUT2D eigenvalue weighted by Crippen LogP contribution is 2.33. The Morgan fingerprint density at radius 2 is 1.47 bits per heavy atom. The van der Waals surface area contributed by atoms with Crippen molar-refractivity contribution >= 4 is 11.7 Å². The lowest BCUT2D eigenvalue weighted by atomic mass is 9.88. The molecule has 0 unspecified atom stereocenters. The molecule has 3 aromatic rings. The summed E-state index contributed by atoms with van der Waals surface area (Å²) in [6.07, 6.45) is -3.44. The average Bonchev–Trinajstić information content (AvgIpc) is 2.83. The fourth-order valence-corrected chi connectivity index (χ4v) is 3.95. The number of ketones is 1. The van der Waals surface area contributed by atoms with Crippen molar-refractivity contribution < 1.29 is 32.6 Å². The molecule has 1 aliphatic heterocycles. The summed E-state index contributed by atoms with van der Waals surface area (Å²) in [6.45, 7) is 0.818. The number of hydrogen-bond donors (Lipinski definition) is 1. The molecule has 0 saturated carbocycles. The molecule has 0 spiro atoms. The number of alkyl halides is 3. The van der Waals surface area contributed by atoms with E-state index in [2.05, 4.69) is 0 Å². The van der Waals surface area contributed by atoms with Gasteiger partial charge in [-0.3, -0.25) is 9.59 Å². The number of halogens is 3. The number of benzene rings is 3. The lowest BCUT2D eigenvalue weighted by molar-refractivity contribution is -0.137. The minimum Gasteiger partial charge on any atom is -0.508 e. The number of carbonyl (C=O) groups is 2. The zero-order chi connectivity index (χ0) is 24.3. The zero-order valence-corrected chi connectivity index (χ0v) is 18.1. The monoisotopic (exact) mass is 469 g/mol. The van der Waals surface area contributed by atoms with Gasteiger partial charge in [-0.2, -0.15) is 13.2 Å². The number of ether oxygens (including phenoxy) is 1. The van der Waals surface area contributed by atoms with Crippen LogP contribution in [0, 0.1) is 5.92 Å². The van der Waals surface area contributed by atoms with Gasteiger partial charge in [-0.05, 0) is 73.5 Å². The molecule has 34 heavy (non-hydrogen) atoms. The Morgan fingerprint density at radius 3 is 2.12 bits per heavy atom. The molecule has 176 valence electrons. The van der Waals surface area contributed by atoms with Gasteiger partial charge in [0.05, 0.1) is 5.56 Å². The van der Waals surface area contributed by atoms with Crippen LogP contribution >= 0.6 is 0 Å². The van der Waals surface area contributed by atoms with E-state index in [1.807, 2.05) is 0 Å². The van der Waals surface area contributed by atoms with Crippen LogP contribution in [0.15, 0.2) is 72.8 Å². The highest BCUT2D eigenvalue weighted by Gasteiger charge is 2.31. The third-order valence-electron chi connectivity index (χ3n) is 5.78. The van der Waals surface area contributed by atoms with E-state index in [0.717, 1.165) is 12.1 Å². The van der Waals surface area contributed by atoms with Crippen LogP contribution in [0.1, 0.15) is 39.1 Å². The maximum Gasteiger partial charge on any atom is 0.416 e. The average molecular weight is 469 g/mol. The first-order chi connectivity index (χ1) is 16.2. The third kappa shape index (κ3) is 5.39. The van der Waals surface area contributed by atoms with Gasteiger partial charge in [0, 0.05) is 30.1 Å². The minimum atomic E-state index is -4.48. The Morgan fingerprint density at radius 1 is 0.853 bits per heavy atom. The highest BCUT2D eigenvalue weighted by molar-refractivity contribution is 5.98. The van der Waals surface area contributed by atoms with Gasteiger partial charge in [0.2, 0.25) is 0 Å². The summed E-state index contributed by atoms with van der Waals surface area (Å²) in [5.74, 6) is -0.0791. The molecule has 1 amide bonds. The molecule has 4 rings (SSSR count). The van der Waals surface area contributed by atoms with Crippen molar-refractivity contribution in [2.45, 2.75) is 19.0 Å². The number of nitrogens with zero attached hydrogens (tertiary/aromatic N) is 1. The van der Waals surface area contributed by atoms with E-state index >= 15 is 0 Å². The van der Waals surface area contributed by atoms with Crippen LogP contribution in [0.4, 0.5) is 13.2 Å². The molecule has 1 fully saturated rings. The van der Waals surface area contributed by atoms with Gasteiger partial charge in [0.1, 0.15) is 17.2 Å². The van der Waals surface area contributed by atoms with Gasteiger partial charge >= 0.3 is 6.18 Å². The van der Waals surface area contributed by atoms with E-state index in [1.54, 1.807) is 35.2 Å². The smallest absolute Gasteiger partial charge is 0.416 e. The fourth-order valence-electron chi connectivity index (χ4n) is 3.95. The van der Waals surface area contributed by atoms with Crippen LogP contribution in [0.2, 0.25) is 0 Å². The molecule has 1 saturated heterocycles. The van der Waals surface area contributed by atoms with Crippen molar-refractivity contribution in [2.24, 2.45) is 5.92 Å². The van der Waals surface area contributed by atoms with E-state index in [9.17, 15) is 27.9 Å². The SMILES string of the molecule is O=C(c1ccc(O)cc1)C1CCN(C(=O)c2cccc(Oc3cccc(C(F)(F)F)c3)c2)CC1. The molecule has 1 heterocycles.